The molecule has 2 rings (SSSR count). The molecule has 2 aliphatic carbocycles. The first-order chi connectivity index (χ1) is 11.3. The molecular formula is C21H37FO. The van der Waals surface area contributed by atoms with E-state index in [0.29, 0.717) is 12.5 Å². The van der Waals surface area contributed by atoms with E-state index in [0.717, 1.165) is 30.8 Å². The minimum atomic E-state index is -0.215. The molecular weight excluding hydrogens is 287 g/mol. The lowest BCUT2D eigenvalue weighted by Crippen LogP contribution is -2.28. The Labute approximate surface area is 143 Å². The zero-order chi connectivity index (χ0) is 16.3. The van der Waals surface area contributed by atoms with Crippen molar-refractivity contribution in [1.82, 2.24) is 0 Å². The van der Waals surface area contributed by atoms with Gasteiger partial charge in [-0.1, -0.05) is 31.4 Å². The van der Waals surface area contributed by atoms with E-state index >= 15 is 0 Å². The molecule has 0 aliphatic heterocycles. The molecule has 2 heteroatoms. The van der Waals surface area contributed by atoms with Gasteiger partial charge in [0.05, 0.1) is 12.8 Å². The third-order valence-corrected chi connectivity index (χ3v) is 6.10. The Morgan fingerprint density at radius 2 is 1.48 bits per heavy atom. The van der Waals surface area contributed by atoms with Crippen LogP contribution >= 0.6 is 0 Å². The predicted octanol–water partition coefficient (Wildman–Crippen LogP) is 6.47. The fourth-order valence-corrected chi connectivity index (χ4v) is 4.73. The summed E-state index contributed by atoms with van der Waals surface area (Å²) in [6.45, 7) is 2.78. The molecule has 0 spiro atoms. The standard InChI is InChI=1S/C21H37FO/c1-2-23-21-15-13-20(14-16-21)19-11-9-18(10-12-19)8-6-4-3-5-7-17-22/h3,5,18-21H,2,4,6-17H2,1H3/t18-,19-,20-,21-. The number of allylic oxidation sites excluding steroid dienone is 2. The predicted molar refractivity (Wildman–Crippen MR) is 96.4 cm³/mol. The van der Waals surface area contributed by atoms with Crippen molar-refractivity contribution in [3.05, 3.63) is 12.2 Å². The van der Waals surface area contributed by atoms with Crippen LogP contribution in [0.25, 0.3) is 0 Å². The molecule has 0 saturated heterocycles. The number of ether oxygens (including phenoxy) is 1. The topological polar surface area (TPSA) is 9.23 Å². The number of hydrogen-bond acceptors (Lipinski definition) is 1. The van der Waals surface area contributed by atoms with Crippen LogP contribution in [0.3, 0.4) is 0 Å². The summed E-state index contributed by atoms with van der Waals surface area (Å²) in [5.74, 6) is 2.94. The first kappa shape index (κ1) is 19.0. The fourth-order valence-electron chi connectivity index (χ4n) is 4.73. The van der Waals surface area contributed by atoms with Crippen LogP contribution in [0.4, 0.5) is 4.39 Å². The normalized spacial score (nSPS) is 32.4. The summed E-state index contributed by atoms with van der Waals surface area (Å²) < 4.78 is 17.8. The van der Waals surface area contributed by atoms with Gasteiger partial charge < -0.3 is 4.74 Å². The number of hydrogen-bond donors (Lipinski definition) is 0. The van der Waals surface area contributed by atoms with Crippen molar-refractivity contribution >= 4 is 0 Å². The zero-order valence-corrected chi connectivity index (χ0v) is 15.1. The number of alkyl halides is 1. The van der Waals surface area contributed by atoms with Crippen LogP contribution in [-0.4, -0.2) is 19.4 Å². The summed E-state index contributed by atoms with van der Waals surface area (Å²) >= 11 is 0. The van der Waals surface area contributed by atoms with E-state index in [1.54, 1.807) is 0 Å². The van der Waals surface area contributed by atoms with Crippen molar-refractivity contribution < 1.29 is 9.13 Å². The van der Waals surface area contributed by atoms with Gasteiger partial charge in [0.2, 0.25) is 0 Å². The molecule has 0 radical (unpaired) electrons. The molecule has 23 heavy (non-hydrogen) atoms. The fraction of sp³-hybridized carbons (Fsp3) is 0.905. The second-order valence-corrected chi connectivity index (χ2v) is 7.65. The van der Waals surface area contributed by atoms with Gasteiger partial charge >= 0.3 is 0 Å². The van der Waals surface area contributed by atoms with Gasteiger partial charge in [-0.05, 0) is 82.5 Å². The number of halogens is 1. The lowest BCUT2D eigenvalue weighted by Gasteiger charge is -2.37. The molecule has 2 fully saturated rings. The number of unbranched alkanes of at least 4 members (excludes halogenated alkanes) is 1. The third-order valence-electron chi connectivity index (χ3n) is 6.10. The molecule has 0 aromatic rings. The molecule has 0 heterocycles. The Morgan fingerprint density at radius 1 is 0.870 bits per heavy atom. The monoisotopic (exact) mass is 324 g/mol. The average molecular weight is 325 g/mol. The van der Waals surface area contributed by atoms with Crippen LogP contribution in [-0.2, 0) is 4.74 Å². The van der Waals surface area contributed by atoms with Crippen LogP contribution in [0.1, 0.15) is 84.0 Å². The van der Waals surface area contributed by atoms with Crippen molar-refractivity contribution in [2.24, 2.45) is 17.8 Å². The van der Waals surface area contributed by atoms with Gasteiger partial charge in [-0.25, -0.2) is 0 Å². The van der Waals surface area contributed by atoms with Gasteiger partial charge in [-0.3, -0.25) is 4.39 Å². The molecule has 0 amide bonds. The van der Waals surface area contributed by atoms with Crippen molar-refractivity contribution in [1.29, 1.82) is 0 Å². The van der Waals surface area contributed by atoms with Crippen LogP contribution in [0.5, 0.6) is 0 Å². The van der Waals surface area contributed by atoms with Crippen molar-refractivity contribution in [3.8, 4) is 0 Å². The van der Waals surface area contributed by atoms with Crippen LogP contribution in [0.15, 0.2) is 12.2 Å². The van der Waals surface area contributed by atoms with Gasteiger partial charge in [0, 0.05) is 6.61 Å². The largest absolute Gasteiger partial charge is 0.379 e. The van der Waals surface area contributed by atoms with Crippen molar-refractivity contribution in [3.63, 3.8) is 0 Å². The molecule has 2 saturated carbocycles. The van der Waals surface area contributed by atoms with E-state index in [4.69, 9.17) is 4.74 Å². The molecule has 2 aliphatic rings. The lowest BCUT2D eigenvalue weighted by atomic mass is 9.70. The smallest absolute Gasteiger partial charge is 0.0928 e. The Morgan fingerprint density at radius 3 is 2.09 bits per heavy atom. The van der Waals surface area contributed by atoms with E-state index in [9.17, 15) is 4.39 Å². The summed E-state index contributed by atoms with van der Waals surface area (Å²) in [6, 6.07) is 0. The minimum Gasteiger partial charge on any atom is -0.379 e. The summed E-state index contributed by atoms with van der Waals surface area (Å²) in [6.07, 6.45) is 20.3. The highest BCUT2D eigenvalue weighted by molar-refractivity contribution is 4.84. The first-order valence-corrected chi connectivity index (χ1v) is 10.2. The zero-order valence-electron chi connectivity index (χ0n) is 15.1. The van der Waals surface area contributed by atoms with Crippen LogP contribution < -0.4 is 0 Å². The lowest BCUT2D eigenvalue weighted by molar-refractivity contribution is 0.0134. The third kappa shape index (κ3) is 6.95. The minimum absolute atomic E-state index is 0.215. The quantitative estimate of drug-likeness (QED) is 0.348. The van der Waals surface area contributed by atoms with Gasteiger partial charge in [-0.15, -0.1) is 0 Å². The Kier molecular flexibility index (Phi) is 9.26. The van der Waals surface area contributed by atoms with Crippen molar-refractivity contribution in [2.75, 3.05) is 13.3 Å². The second-order valence-electron chi connectivity index (χ2n) is 7.65. The maximum Gasteiger partial charge on any atom is 0.0928 e. The molecule has 0 aromatic heterocycles. The second kappa shape index (κ2) is 11.2. The molecule has 0 unspecified atom stereocenters. The van der Waals surface area contributed by atoms with Gasteiger partial charge in [0.1, 0.15) is 0 Å². The molecule has 134 valence electrons. The highest BCUT2D eigenvalue weighted by Crippen LogP contribution is 2.41. The van der Waals surface area contributed by atoms with E-state index in [1.807, 2.05) is 6.08 Å². The van der Waals surface area contributed by atoms with Crippen molar-refractivity contribution in [2.45, 2.75) is 90.1 Å². The molecule has 0 bridgehead atoms. The average Bonchev–Trinajstić information content (AvgIpc) is 2.60. The summed E-state index contributed by atoms with van der Waals surface area (Å²) in [4.78, 5) is 0. The SMILES string of the molecule is CCO[C@H]1CC[C@H]([C@H]2CC[C@H](CCCC=CCCF)CC2)CC1. The van der Waals surface area contributed by atoms with Gasteiger partial charge in [0.25, 0.3) is 0 Å². The molecule has 0 atom stereocenters. The summed E-state index contributed by atoms with van der Waals surface area (Å²) in [5, 5.41) is 0. The van der Waals surface area contributed by atoms with Gasteiger partial charge in [-0.2, -0.15) is 0 Å². The molecule has 1 nitrogen and oxygen atoms in total. The molecule has 0 aromatic carbocycles. The van der Waals surface area contributed by atoms with Gasteiger partial charge in [0.15, 0.2) is 0 Å². The molecule has 0 N–H and O–H groups in total. The van der Waals surface area contributed by atoms with E-state index < -0.39 is 0 Å². The maximum absolute atomic E-state index is 12.0. The Hall–Kier alpha value is -0.370. The van der Waals surface area contributed by atoms with E-state index in [-0.39, 0.29) is 6.67 Å². The summed E-state index contributed by atoms with van der Waals surface area (Å²) in [5.41, 5.74) is 0. The first-order valence-electron chi connectivity index (χ1n) is 10.2. The highest BCUT2D eigenvalue weighted by atomic mass is 19.1. The number of rotatable bonds is 9. The summed E-state index contributed by atoms with van der Waals surface area (Å²) in [7, 11) is 0. The van der Waals surface area contributed by atoms with Crippen LogP contribution in [0, 0.1) is 17.8 Å². The Bertz CT molecular complexity index is 312. The van der Waals surface area contributed by atoms with E-state index in [1.165, 1.54) is 64.2 Å². The maximum atomic E-state index is 12.0. The Balaban J connectivity index is 1.55. The van der Waals surface area contributed by atoms with Crippen LogP contribution in [0.2, 0.25) is 0 Å². The highest BCUT2D eigenvalue weighted by Gasteiger charge is 2.30. The van der Waals surface area contributed by atoms with E-state index in [2.05, 4.69) is 13.0 Å².